The minimum Gasteiger partial charge on any atom is -0.375 e. The van der Waals surface area contributed by atoms with Crippen molar-refractivity contribution in [1.29, 1.82) is 0 Å². The normalized spacial score (nSPS) is 17.8. The van der Waals surface area contributed by atoms with E-state index in [9.17, 15) is 4.79 Å². The van der Waals surface area contributed by atoms with E-state index in [4.69, 9.17) is 5.73 Å². The maximum Gasteiger partial charge on any atom is 0.226 e. The second kappa shape index (κ2) is 6.34. The Balaban J connectivity index is 1.75. The summed E-state index contributed by atoms with van der Waals surface area (Å²) in [5.41, 5.74) is 6.32. The molecule has 0 saturated carbocycles. The molecule has 19 heavy (non-hydrogen) atoms. The first-order chi connectivity index (χ1) is 9.04. The van der Waals surface area contributed by atoms with Crippen LogP contribution in [0.2, 0.25) is 0 Å². The summed E-state index contributed by atoms with van der Waals surface area (Å²) in [5.74, 6) is 0.0493. The number of hydrogen-bond acceptors (Lipinski definition) is 5. The Morgan fingerprint density at radius 2 is 2.26 bits per heavy atom. The standard InChI is InChI=1S/C13H22N4OS/c1-9(2)17-5-3-10(4-6-17)15-12(18)7-11-8-19-13(14)16-11/h8-10H,3-7H2,1-2H3,(H2,14,16)(H,15,18). The van der Waals surface area contributed by atoms with Gasteiger partial charge in [-0.3, -0.25) is 4.79 Å². The lowest BCUT2D eigenvalue weighted by Gasteiger charge is -2.34. The van der Waals surface area contributed by atoms with Gasteiger partial charge in [-0.25, -0.2) is 4.98 Å². The Hall–Kier alpha value is -1.14. The van der Waals surface area contributed by atoms with Crippen LogP contribution in [0.4, 0.5) is 5.13 Å². The van der Waals surface area contributed by atoms with Crippen molar-refractivity contribution >= 4 is 22.4 Å². The number of carbonyl (C=O) groups is 1. The Morgan fingerprint density at radius 1 is 1.58 bits per heavy atom. The van der Waals surface area contributed by atoms with Gasteiger partial charge >= 0.3 is 0 Å². The molecule has 1 aliphatic rings. The molecule has 2 rings (SSSR count). The number of nitrogen functional groups attached to an aromatic ring is 1. The van der Waals surface area contributed by atoms with Gasteiger partial charge in [0.15, 0.2) is 5.13 Å². The third kappa shape index (κ3) is 4.18. The number of nitrogens with one attached hydrogen (secondary N) is 1. The van der Waals surface area contributed by atoms with Gasteiger partial charge in [-0.1, -0.05) is 0 Å². The average Bonchev–Trinajstić information content (AvgIpc) is 2.75. The van der Waals surface area contributed by atoms with Crippen LogP contribution in [0.1, 0.15) is 32.4 Å². The summed E-state index contributed by atoms with van der Waals surface area (Å²) in [6.45, 7) is 6.55. The van der Waals surface area contributed by atoms with Crippen molar-refractivity contribution < 1.29 is 4.79 Å². The highest BCUT2D eigenvalue weighted by molar-refractivity contribution is 7.13. The number of anilines is 1. The van der Waals surface area contributed by atoms with Crippen LogP contribution >= 0.6 is 11.3 Å². The van der Waals surface area contributed by atoms with E-state index in [1.807, 2.05) is 5.38 Å². The Bertz CT molecular complexity index is 424. The fourth-order valence-corrected chi connectivity index (χ4v) is 2.97. The summed E-state index contributed by atoms with van der Waals surface area (Å²) in [7, 11) is 0. The summed E-state index contributed by atoms with van der Waals surface area (Å²) in [4.78, 5) is 18.5. The van der Waals surface area contributed by atoms with Crippen LogP contribution in [-0.4, -0.2) is 41.0 Å². The highest BCUT2D eigenvalue weighted by Crippen LogP contribution is 2.14. The predicted octanol–water partition coefficient (Wildman–Crippen LogP) is 1.26. The molecule has 1 saturated heterocycles. The lowest BCUT2D eigenvalue weighted by Crippen LogP contribution is -2.46. The molecule has 6 heteroatoms. The van der Waals surface area contributed by atoms with Gasteiger partial charge in [0.25, 0.3) is 0 Å². The number of carbonyl (C=O) groups excluding carboxylic acids is 1. The van der Waals surface area contributed by atoms with Gasteiger partial charge in [0.05, 0.1) is 12.1 Å². The topological polar surface area (TPSA) is 71.2 Å². The molecule has 0 unspecified atom stereocenters. The number of nitrogens with two attached hydrogens (primary N) is 1. The molecular formula is C13H22N4OS. The third-order valence-corrected chi connectivity index (χ3v) is 4.26. The van der Waals surface area contributed by atoms with Gasteiger partial charge in [-0.15, -0.1) is 11.3 Å². The SMILES string of the molecule is CC(C)N1CCC(NC(=O)Cc2csc(N)n2)CC1. The van der Waals surface area contributed by atoms with Crippen molar-refractivity contribution in [2.75, 3.05) is 18.8 Å². The Labute approximate surface area is 118 Å². The number of nitrogens with zero attached hydrogens (tertiary/aromatic N) is 2. The largest absolute Gasteiger partial charge is 0.375 e. The summed E-state index contributed by atoms with van der Waals surface area (Å²) < 4.78 is 0. The molecule has 0 aromatic carbocycles. The van der Waals surface area contributed by atoms with E-state index < -0.39 is 0 Å². The van der Waals surface area contributed by atoms with E-state index in [1.54, 1.807) is 0 Å². The van der Waals surface area contributed by atoms with Gasteiger partial charge in [-0.2, -0.15) is 0 Å². The average molecular weight is 282 g/mol. The van der Waals surface area contributed by atoms with E-state index in [1.165, 1.54) is 11.3 Å². The zero-order valence-electron chi connectivity index (χ0n) is 11.6. The third-order valence-electron chi connectivity index (χ3n) is 3.54. The highest BCUT2D eigenvalue weighted by atomic mass is 32.1. The molecular weight excluding hydrogens is 260 g/mol. The van der Waals surface area contributed by atoms with Gasteiger partial charge in [-0.05, 0) is 26.7 Å². The van der Waals surface area contributed by atoms with Gasteiger partial charge < -0.3 is 16.0 Å². The van der Waals surface area contributed by atoms with Gasteiger partial charge in [0.1, 0.15) is 0 Å². The van der Waals surface area contributed by atoms with Crippen LogP contribution in [0.25, 0.3) is 0 Å². The van der Waals surface area contributed by atoms with Gasteiger partial charge in [0.2, 0.25) is 5.91 Å². The van der Waals surface area contributed by atoms with Crippen LogP contribution in [0.3, 0.4) is 0 Å². The summed E-state index contributed by atoms with van der Waals surface area (Å²) in [5, 5.41) is 5.46. The number of amides is 1. The molecule has 1 amide bonds. The molecule has 0 spiro atoms. The van der Waals surface area contributed by atoms with Crippen molar-refractivity contribution in [2.24, 2.45) is 0 Å². The van der Waals surface area contributed by atoms with Crippen molar-refractivity contribution in [2.45, 2.75) is 45.2 Å². The van der Waals surface area contributed by atoms with Crippen molar-refractivity contribution in [3.8, 4) is 0 Å². The van der Waals surface area contributed by atoms with E-state index in [0.29, 0.717) is 23.6 Å². The highest BCUT2D eigenvalue weighted by Gasteiger charge is 2.22. The van der Waals surface area contributed by atoms with Crippen LogP contribution in [0, 0.1) is 0 Å². The van der Waals surface area contributed by atoms with Crippen LogP contribution in [-0.2, 0) is 11.2 Å². The summed E-state index contributed by atoms with van der Waals surface area (Å²) >= 11 is 1.38. The fourth-order valence-electron chi connectivity index (χ4n) is 2.41. The number of likely N-dealkylation sites (tertiary alicyclic amines) is 1. The van der Waals surface area contributed by atoms with E-state index in [-0.39, 0.29) is 5.91 Å². The number of rotatable bonds is 4. The lowest BCUT2D eigenvalue weighted by atomic mass is 10.0. The molecule has 2 heterocycles. The molecule has 3 N–H and O–H groups in total. The van der Waals surface area contributed by atoms with E-state index in [2.05, 4.69) is 29.0 Å². The number of thiazole rings is 1. The Morgan fingerprint density at radius 3 is 2.79 bits per heavy atom. The summed E-state index contributed by atoms with van der Waals surface area (Å²) in [6, 6.07) is 0.896. The molecule has 1 fully saturated rings. The van der Waals surface area contributed by atoms with Crippen LogP contribution in [0.5, 0.6) is 0 Å². The zero-order chi connectivity index (χ0) is 13.8. The molecule has 0 radical (unpaired) electrons. The second-order valence-corrected chi connectivity index (χ2v) is 6.22. The van der Waals surface area contributed by atoms with Crippen LogP contribution in [0.15, 0.2) is 5.38 Å². The number of hydrogen-bond donors (Lipinski definition) is 2. The first-order valence-corrected chi connectivity index (χ1v) is 7.66. The molecule has 106 valence electrons. The zero-order valence-corrected chi connectivity index (χ0v) is 12.4. The smallest absolute Gasteiger partial charge is 0.226 e. The molecule has 1 aromatic rings. The molecule has 0 aliphatic carbocycles. The van der Waals surface area contributed by atoms with Gasteiger partial charge in [0, 0.05) is 30.6 Å². The minimum absolute atomic E-state index is 0.0493. The maximum absolute atomic E-state index is 11.9. The molecule has 1 aliphatic heterocycles. The minimum atomic E-state index is 0.0493. The van der Waals surface area contributed by atoms with E-state index in [0.717, 1.165) is 31.6 Å². The number of piperidine rings is 1. The first kappa shape index (κ1) is 14.3. The second-order valence-electron chi connectivity index (χ2n) is 5.33. The number of aromatic nitrogens is 1. The monoisotopic (exact) mass is 282 g/mol. The lowest BCUT2D eigenvalue weighted by molar-refractivity contribution is -0.121. The predicted molar refractivity (Wildman–Crippen MR) is 78.1 cm³/mol. The molecule has 1 aromatic heterocycles. The van der Waals surface area contributed by atoms with Crippen molar-refractivity contribution in [3.05, 3.63) is 11.1 Å². The van der Waals surface area contributed by atoms with Crippen LogP contribution < -0.4 is 11.1 Å². The van der Waals surface area contributed by atoms with Crippen molar-refractivity contribution in [1.82, 2.24) is 15.2 Å². The maximum atomic E-state index is 11.9. The first-order valence-electron chi connectivity index (χ1n) is 6.78. The van der Waals surface area contributed by atoms with Crippen molar-refractivity contribution in [3.63, 3.8) is 0 Å². The Kier molecular flexibility index (Phi) is 4.76. The molecule has 5 nitrogen and oxygen atoms in total. The van der Waals surface area contributed by atoms with E-state index >= 15 is 0 Å². The molecule has 0 atom stereocenters. The summed E-state index contributed by atoms with van der Waals surface area (Å²) in [6.07, 6.45) is 2.39. The quantitative estimate of drug-likeness (QED) is 0.872. The molecule has 0 bridgehead atoms. The fraction of sp³-hybridized carbons (Fsp3) is 0.692.